The average molecular weight is 318 g/mol. The molecule has 23 heavy (non-hydrogen) atoms. The van der Waals surface area contributed by atoms with Gasteiger partial charge in [-0.1, -0.05) is 36.4 Å². The van der Waals surface area contributed by atoms with Crippen LogP contribution in [0.5, 0.6) is 0 Å². The summed E-state index contributed by atoms with van der Waals surface area (Å²) >= 11 is 1.61. The fourth-order valence-corrected chi connectivity index (χ4v) is 4.57. The molecule has 1 aliphatic rings. The van der Waals surface area contributed by atoms with Crippen LogP contribution in [-0.2, 0) is 6.54 Å². The highest BCUT2D eigenvalue weighted by molar-refractivity contribution is 7.18. The summed E-state index contributed by atoms with van der Waals surface area (Å²) in [5, 5.41) is 3.15. The molecule has 3 heterocycles. The number of fused-ring (bicyclic) bond motifs is 6. The lowest BCUT2D eigenvalue weighted by molar-refractivity contribution is 0.797. The van der Waals surface area contributed by atoms with Crippen molar-refractivity contribution in [1.82, 2.24) is 9.55 Å². The van der Waals surface area contributed by atoms with Crippen molar-refractivity contribution >= 4 is 32.3 Å². The Morgan fingerprint density at radius 2 is 1.96 bits per heavy atom. The van der Waals surface area contributed by atoms with Gasteiger partial charge < -0.3 is 0 Å². The maximum Gasteiger partial charge on any atom is 0.263 e. The highest BCUT2D eigenvalue weighted by atomic mass is 32.1. The molecule has 0 saturated carbocycles. The summed E-state index contributed by atoms with van der Waals surface area (Å²) in [6.45, 7) is 4.69. The summed E-state index contributed by atoms with van der Waals surface area (Å²) in [5.74, 6) is 0.815. The van der Waals surface area contributed by atoms with Gasteiger partial charge in [-0.3, -0.25) is 9.36 Å². The number of aryl methyl sites for hydroxylation is 2. The van der Waals surface area contributed by atoms with Gasteiger partial charge in [0, 0.05) is 10.4 Å². The van der Waals surface area contributed by atoms with Gasteiger partial charge in [0.05, 0.1) is 11.9 Å². The van der Waals surface area contributed by atoms with Crippen LogP contribution in [0.1, 0.15) is 16.0 Å². The molecule has 0 atom stereocenters. The number of aromatic nitrogens is 2. The normalized spacial score (nSPS) is 12.8. The number of rotatable bonds is 0. The first-order valence-electron chi connectivity index (χ1n) is 7.66. The molecule has 0 saturated heterocycles. The van der Waals surface area contributed by atoms with Crippen molar-refractivity contribution in [3.8, 4) is 11.4 Å². The molecule has 3 nitrogen and oxygen atoms in total. The van der Waals surface area contributed by atoms with Crippen LogP contribution in [0.3, 0.4) is 0 Å². The quantitative estimate of drug-likeness (QED) is 0.428. The van der Waals surface area contributed by atoms with Crippen molar-refractivity contribution in [1.29, 1.82) is 0 Å². The molecule has 1 aliphatic heterocycles. The molecule has 0 aliphatic carbocycles. The molecular weight excluding hydrogens is 304 g/mol. The van der Waals surface area contributed by atoms with Gasteiger partial charge in [-0.25, -0.2) is 4.98 Å². The Kier molecular flexibility index (Phi) is 2.43. The van der Waals surface area contributed by atoms with Gasteiger partial charge in [0.25, 0.3) is 5.56 Å². The van der Waals surface area contributed by atoms with E-state index in [-0.39, 0.29) is 5.56 Å². The van der Waals surface area contributed by atoms with Gasteiger partial charge in [0.1, 0.15) is 10.7 Å². The highest BCUT2D eigenvalue weighted by Gasteiger charge is 2.25. The first-order valence-corrected chi connectivity index (χ1v) is 8.48. The van der Waals surface area contributed by atoms with Crippen LogP contribution >= 0.6 is 11.3 Å². The zero-order valence-electron chi connectivity index (χ0n) is 12.9. The van der Waals surface area contributed by atoms with Crippen LogP contribution in [0, 0.1) is 13.8 Å². The van der Waals surface area contributed by atoms with E-state index in [9.17, 15) is 4.79 Å². The zero-order valence-corrected chi connectivity index (χ0v) is 13.7. The second-order valence-corrected chi connectivity index (χ2v) is 7.31. The van der Waals surface area contributed by atoms with Crippen LogP contribution in [0.25, 0.3) is 32.4 Å². The van der Waals surface area contributed by atoms with Crippen LogP contribution in [-0.4, -0.2) is 9.55 Å². The van der Waals surface area contributed by atoms with E-state index >= 15 is 0 Å². The van der Waals surface area contributed by atoms with Crippen molar-refractivity contribution in [3.63, 3.8) is 0 Å². The van der Waals surface area contributed by atoms with Crippen molar-refractivity contribution < 1.29 is 0 Å². The van der Waals surface area contributed by atoms with Gasteiger partial charge in [-0.05, 0) is 35.7 Å². The zero-order chi connectivity index (χ0) is 15.7. The fourth-order valence-electron chi connectivity index (χ4n) is 3.55. The molecule has 0 radical (unpaired) electrons. The van der Waals surface area contributed by atoms with E-state index in [2.05, 4.69) is 31.2 Å². The van der Waals surface area contributed by atoms with E-state index in [1.54, 1.807) is 11.3 Å². The molecule has 0 bridgehead atoms. The van der Waals surface area contributed by atoms with E-state index in [1.165, 1.54) is 21.2 Å². The first kappa shape index (κ1) is 13.0. The van der Waals surface area contributed by atoms with E-state index in [1.807, 2.05) is 23.6 Å². The molecule has 0 fully saturated rings. The maximum atomic E-state index is 13.0. The summed E-state index contributed by atoms with van der Waals surface area (Å²) in [6, 6.07) is 12.6. The Bertz CT molecular complexity index is 1180. The molecule has 112 valence electrons. The van der Waals surface area contributed by atoms with Crippen molar-refractivity contribution in [2.45, 2.75) is 20.4 Å². The summed E-state index contributed by atoms with van der Waals surface area (Å²) in [7, 11) is 0. The lowest BCUT2D eigenvalue weighted by Crippen LogP contribution is -2.20. The van der Waals surface area contributed by atoms with Crippen molar-refractivity contribution in [3.05, 3.63) is 62.8 Å². The number of thiophene rings is 1. The third-order valence-electron chi connectivity index (χ3n) is 4.86. The Labute approximate surface area is 136 Å². The topological polar surface area (TPSA) is 34.9 Å². The van der Waals surface area contributed by atoms with Crippen LogP contribution in [0.2, 0.25) is 0 Å². The first-order chi connectivity index (χ1) is 11.1. The summed E-state index contributed by atoms with van der Waals surface area (Å²) < 4.78 is 1.83. The SMILES string of the molecule is Cc1sc2nc3n(c(=O)c2c1C)Cc1ccc2ccccc2c1-3. The molecule has 2 aromatic carbocycles. The van der Waals surface area contributed by atoms with Crippen LogP contribution in [0.15, 0.2) is 41.2 Å². The third kappa shape index (κ3) is 1.59. The predicted molar refractivity (Wildman–Crippen MR) is 95.4 cm³/mol. The fraction of sp³-hybridized carbons (Fsp3) is 0.158. The minimum atomic E-state index is 0.0899. The predicted octanol–water partition coefficient (Wildman–Crippen LogP) is 4.26. The molecule has 5 rings (SSSR count). The van der Waals surface area contributed by atoms with Crippen molar-refractivity contribution in [2.24, 2.45) is 0 Å². The molecule has 0 spiro atoms. The second kappa shape index (κ2) is 4.30. The van der Waals surface area contributed by atoms with Gasteiger partial charge in [0.15, 0.2) is 0 Å². The summed E-state index contributed by atoms with van der Waals surface area (Å²) in [6.07, 6.45) is 0. The number of hydrogen-bond donors (Lipinski definition) is 0. The molecule has 0 N–H and O–H groups in total. The summed E-state index contributed by atoms with van der Waals surface area (Å²) in [5.41, 5.74) is 3.46. The molecule has 4 heteroatoms. The van der Waals surface area contributed by atoms with E-state index in [0.717, 1.165) is 27.2 Å². The minimum absolute atomic E-state index is 0.0899. The number of benzene rings is 2. The van der Waals surface area contributed by atoms with Gasteiger partial charge in [-0.2, -0.15) is 0 Å². The minimum Gasteiger partial charge on any atom is -0.287 e. The molecule has 2 aromatic heterocycles. The lowest BCUT2D eigenvalue weighted by atomic mass is 10.0. The number of nitrogens with zero attached hydrogens (tertiary/aromatic N) is 2. The standard InChI is InChI=1S/C19H14N2OS/c1-10-11(2)23-18-15(10)19(22)21-9-13-8-7-12-5-3-4-6-14(12)16(13)17(21)20-18/h3-8H,9H2,1-2H3. The van der Waals surface area contributed by atoms with E-state index in [4.69, 9.17) is 4.98 Å². The van der Waals surface area contributed by atoms with Gasteiger partial charge in [-0.15, -0.1) is 11.3 Å². The molecule has 4 aromatic rings. The average Bonchev–Trinajstić information content (AvgIpc) is 3.07. The van der Waals surface area contributed by atoms with E-state index in [0.29, 0.717) is 6.54 Å². The third-order valence-corrected chi connectivity index (χ3v) is 5.96. The van der Waals surface area contributed by atoms with E-state index < -0.39 is 0 Å². The largest absolute Gasteiger partial charge is 0.287 e. The smallest absolute Gasteiger partial charge is 0.263 e. The monoisotopic (exact) mass is 318 g/mol. The molecular formula is C19H14N2OS. The highest BCUT2D eigenvalue weighted by Crippen LogP contribution is 2.37. The number of hydrogen-bond acceptors (Lipinski definition) is 3. The Morgan fingerprint density at radius 1 is 1.13 bits per heavy atom. The summed E-state index contributed by atoms with van der Waals surface area (Å²) in [4.78, 5) is 19.9. The van der Waals surface area contributed by atoms with Gasteiger partial charge >= 0.3 is 0 Å². The molecule has 0 unspecified atom stereocenters. The van der Waals surface area contributed by atoms with Crippen molar-refractivity contribution in [2.75, 3.05) is 0 Å². The second-order valence-electron chi connectivity index (χ2n) is 6.11. The Hall–Kier alpha value is -2.46. The Balaban J connectivity index is 1.96. The van der Waals surface area contributed by atoms with Crippen LogP contribution in [0.4, 0.5) is 0 Å². The lowest BCUT2D eigenvalue weighted by Gasteiger charge is -2.05. The maximum absolute atomic E-state index is 13.0. The van der Waals surface area contributed by atoms with Gasteiger partial charge in [0.2, 0.25) is 0 Å². The van der Waals surface area contributed by atoms with Crippen LogP contribution < -0.4 is 5.56 Å². The Morgan fingerprint density at radius 3 is 2.83 bits per heavy atom. The molecule has 0 amide bonds.